The number of nitrogens with one attached hydrogen (secondary N) is 2. The molecule has 0 radical (unpaired) electrons. The number of nitrogens with zero attached hydrogens (tertiary/aromatic N) is 1. The quantitative estimate of drug-likeness (QED) is 0.698. The van der Waals surface area contributed by atoms with E-state index in [1.165, 1.54) is 0 Å². The van der Waals surface area contributed by atoms with Gasteiger partial charge >= 0.3 is 0 Å². The minimum Gasteiger partial charge on any atom is -0.354 e. The number of amides is 3. The summed E-state index contributed by atoms with van der Waals surface area (Å²) in [5, 5.41) is 5.72. The summed E-state index contributed by atoms with van der Waals surface area (Å²) in [7, 11) is 0. The molecule has 7 heteroatoms. The molecule has 1 saturated heterocycles. The highest BCUT2D eigenvalue weighted by Gasteiger charge is 2.48. The molecule has 2 heterocycles. The second kappa shape index (κ2) is 9.14. The van der Waals surface area contributed by atoms with E-state index in [1.54, 1.807) is 16.7 Å². The van der Waals surface area contributed by atoms with Crippen LogP contribution in [0.15, 0.2) is 54.6 Å². The van der Waals surface area contributed by atoms with Crippen molar-refractivity contribution in [3.8, 4) is 0 Å². The molecule has 0 aromatic heterocycles. The molecule has 3 unspecified atom stereocenters. The molecule has 0 spiro atoms. The Bertz CT molecular complexity index is 979. The van der Waals surface area contributed by atoms with E-state index in [0.717, 1.165) is 17.5 Å². The number of rotatable bonds is 7. The molecule has 31 heavy (non-hydrogen) atoms. The summed E-state index contributed by atoms with van der Waals surface area (Å²) in [6, 6.07) is 16.2. The lowest BCUT2D eigenvalue weighted by Crippen LogP contribution is -2.55. The fourth-order valence-corrected chi connectivity index (χ4v) is 5.58. The number of fused-ring (bicyclic) bond motifs is 3. The van der Waals surface area contributed by atoms with Crippen molar-refractivity contribution in [3.63, 3.8) is 0 Å². The number of thioether (sulfide) groups is 1. The van der Waals surface area contributed by atoms with Crippen LogP contribution in [0.4, 0.5) is 0 Å². The minimum absolute atomic E-state index is 0.0722. The van der Waals surface area contributed by atoms with Crippen LogP contribution in [0.2, 0.25) is 0 Å². The third-order valence-corrected chi connectivity index (χ3v) is 7.10. The molecular formula is C24H27N3O3S. The van der Waals surface area contributed by atoms with Gasteiger partial charge in [0.1, 0.15) is 17.5 Å². The van der Waals surface area contributed by atoms with Crippen molar-refractivity contribution < 1.29 is 14.4 Å². The first kappa shape index (κ1) is 21.4. The average molecular weight is 438 g/mol. The molecule has 2 aromatic carbocycles. The number of carbonyl (C=O) groups excluding carboxylic acids is 3. The molecule has 3 amide bonds. The van der Waals surface area contributed by atoms with Crippen molar-refractivity contribution in [1.29, 1.82) is 0 Å². The van der Waals surface area contributed by atoms with Crippen LogP contribution in [0.1, 0.15) is 40.7 Å². The van der Waals surface area contributed by atoms with Crippen LogP contribution >= 0.6 is 11.8 Å². The molecule has 0 aliphatic carbocycles. The van der Waals surface area contributed by atoms with Crippen LogP contribution in [0.25, 0.3) is 0 Å². The summed E-state index contributed by atoms with van der Waals surface area (Å²) in [4.78, 5) is 40.4. The normalized spacial score (nSPS) is 20.4. The van der Waals surface area contributed by atoms with E-state index in [4.69, 9.17) is 0 Å². The molecule has 2 N–H and O–H groups in total. The van der Waals surface area contributed by atoms with Crippen LogP contribution in [0.3, 0.4) is 0 Å². The van der Waals surface area contributed by atoms with Gasteiger partial charge in [-0.2, -0.15) is 0 Å². The maximum Gasteiger partial charge on any atom is 0.256 e. The summed E-state index contributed by atoms with van der Waals surface area (Å²) in [5.74, 6) is -0.126. The number of benzene rings is 2. The second-order valence-corrected chi connectivity index (χ2v) is 9.37. The van der Waals surface area contributed by atoms with Crippen LogP contribution < -0.4 is 10.6 Å². The maximum atomic E-state index is 13.1. The van der Waals surface area contributed by atoms with Gasteiger partial charge in [0.05, 0.1) is 0 Å². The number of carbonyl (C=O) groups is 3. The molecule has 0 bridgehead atoms. The van der Waals surface area contributed by atoms with Gasteiger partial charge in [-0.15, -0.1) is 11.8 Å². The first-order valence-electron chi connectivity index (χ1n) is 10.6. The lowest BCUT2D eigenvalue weighted by atomic mass is 10.0. The topological polar surface area (TPSA) is 78.5 Å². The summed E-state index contributed by atoms with van der Waals surface area (Å²) in [6.07, 6.45) is 0.729. The molecular weight excluding hydrogens is 410 g/mol. The Morgan fingerprint density at radius 3 is 2.55 bits per heavy atom. The molecule has 0 saturated carbocycles. The zero-order valence-electron chi connectivity index (χ0n) is 17.7. The van der Waals surface area contributed by atoms with E-state index in [-0.39, 0.29) is 29.0 Å². The largest absolute Gasteiger partial charge is 0.354 e. The van der Waals surface area contributed by atoms with Gasteiger partial charge < -0.3 is 15.5 Å². The number of hydrogen-bond donors (Lipinski definition) is 2. The van der Waals surface area contributed by atoms with Crippen molar-refractivity contribution in [2.75, 3.05) is 12.3 Å². The van der Waals surface area contributed by atoms with E-state index in [1.807, 2.05) is 68.4 Å². The third kappa shape index (κ3) is 4.32. The van der Waals surface area contributed by atoms with Crippen molar-refractivity contribution >= 4 is 29.5 Å². The monoisotopic (exact) mass is 437 g/mol. The fraction of sp³-hybridized carbons (Fsp3) is 0.375. The summed E-state index contributed by atoms with van der Waals surface area (Å²) in [6.45, 7) is 4.32. The van der Waals surface area contributed by atoms with Gasteiger partial charge in [-0.3, -0.25) is 14.4 Å². The lowest BCUT2D eigenvalue weighted by Gasteiger charge is -2.27. The molecule has 2 aromatic rings. The van der Waals surface area contributed by atoms with E-state index >= 15 is 0 Å². The smallest absolute Gasteiger partial charge is 0.256 e. The van der Waals surface area contributed by atoms with Gasteiger partial charge in [0.15, 0.2) is 0 Å². The maximum absolute atomic E-state index is 13.1. The highest BCUT2D eigenvalue weighted by atomic mass is 32.2. The fourth-order valence-electron chi connectivity index (χ4n) is 4.11. The first-order chi connectivity index (χ1) is 15.0. The predicted octanol–water partition coefficient (Wildman–Crippen LogP) is 2.76. The van der Waals surface area contributed by atoms with E-state index in [9.17, 15) is 14.4 Å². The average Bonchev–Trinajstić information content (AvgIpc) is 3.33. The van der Waals surface area contributed by atoms with Gasteiger partial charge in [0, 0.05) is 17.9 Å². The van der Waals surface area contributed by atoms with E-state index in [0.29, 0.717) is 17.9 Å². The van der Waals surface area contributed by atoms with E-state index in [2.05, 4.69) is 10.6 Å². The van der Waals surface area contributed by atoms with Crippen LogP contribution in [-0.2, 0) is 16.0 Å². The molecule has 6 nitrogen and oxygen atoms in total. The standard InChI is InChI=1S/C24H27N3O3S/c1-15(2)20(22(29)25-13-12-16-8-4-3-5-9-16)26-21(28)19-14-31-24-18-11-7-6-10-17(18)23(30)27(19)24/h3-11,15,19-20,24H,12-14H2,1-2H3,(H,25,29)(H,26,28). The summed E-state index contributed by atoms with van der Waals surface area (Å²) < 4.78 is 0. The van der Waals surface area contributed by atoms with Crippen molar-refractivity contribution in [3.05, 3.63) is 71.3 Å². The zero-order chi connectivity index (χ0) is 22.0. The SMILES string of the molecule is CC(C)C(NC(=O)C1CSC2c3ccccc3C(=O)N12)C(=O)NCCc1ccccc1. The number of hydrogen-bond acceptors (Lipinski definition) is 4. The molecule has 3 atom stereocenters. The Balaban J connectivity index is 1.38. The molecule has 4 rings (SSSR count). The van der Waals surface area contributed by atoms with Crippen LogP contribution in [0.5, 0.6) is 0 Å². The highest BCUT2D eigenvalue weighted by molar-refractivity contribution is 7.99. The Kier molecular flexibility index (Phi) is 6.32. The van der Waals surface area contributed by atoms with Crippen LogP contribution in [0, 0.1) is 5.92 Å². The van der Waals surface area contributed by atoms with E-state index < -0.39 is 12.1 Å². The minimum atomic E-state index is -0.646. The molecule has 2 aliphatic heterocycles. The molecule has 2 aliphatic rings. The summed E-state index contributed by atoms with van der Waals surface area (Å²) in [5.41, 5.74) is 2.78. The van der Waals surface area contributed by atoms with Crippen molar-refractivity contribution in [2.24, 2.45) is 5.92 Å². The summed E-state index contributed by atoms with van der Waals surface area (Å²) >= 11 is 1.59. The van der Waals surface area contributed by atoms with Gasteiger partial charge in [-0.05, 0) is 29.5 Å². The van der Waals surface area contributed by atoms with Gasteiger partial charge in [0.2, 0.25) is 11.8 Å². The Morgan fingerprint density at radius 2 is 1.81 bits per heavy atom. The Morgan fingerprint density at radius 1 is 1.10 bits per heavy atom. The third-order valence-electron chi connectivity index (χ3n) is 5.80. The first-order valence-corrected chi connectivity index (χ1v) is 11.7. The van der Waals surface area contributed by atoms with Crippen molar-refractivity contribution in [1.82, 2.24) is 15.5 Å². The Labute approximate surface area is 186 Å². The van der Waals surface area contributed by atoms with Gasteiger partial charge in [-0.1, -0.05) is 62.4 Å². The predicted molar refractivity (Wildman–Crippen MR) is 122 cm³/mol. The van der Waals surface area contributed by atoms with Gasteiger partial charge in [-0.25, -0.2) is 0 Å². The second-order valence-electron chi connectivity index (χ2n) is 8.26. The Hall–Kier alpha value is -2.80. The zero-order valence-corrected chi connectivity index (χ0v) is 18.5. The lowest BCUT2D eigenvalue weighted by molar-refractivity contribution is -0.131. The highest BCUT2D eigenvalue weighted by Crippen LogP contribution is 2.48. The molecule has 1 fully saturated rings. The molecule has 162 valence electrons. The van der Waals surface area contributed by atoms with Gasteiger partial charge in [0.25, 0.3) is 5.91 Å². The van der Waals surface area contributed by atoms with Crippen LogP contribution in [-0.4, -0.2) is 47.0 Å². The van der Waals surface area contributed by atoms with Crippen molar-refractivity contribution in [2.45, 2.75) is 37.7 Å².